The number of anilines is 1. The SMILES string of the molecule is CC(C)(C)C1=CS/C(=C(\C#N)c2ccnc(NCCCN3CCCC3=O)n2)N1. The van der Waals surface area contributed by atoms with E-state index in [4.69, 9.17) is 0 Å². The Bertz CT molecular complexity index is 849. The smallest absolute Gasteiger partial charge is 0.223 e. The molecule has 3 heterocycles. The number of hydrogen-bond acceptors (Lipinski definition) is 7. The van der Waals surface area contributed by atoms with Gasteiger partial charge < -0.3 is 15.5 Å². The molecule has 0 radical (unpaired) electrons. The Balaban J connectivity index is 1.61. The molecule has 0 atom stereocenters. The van der Waals surface area contributed by atoms with Crippen molar-refractivity contribution < 1.29 is 4.79 Å². The van der Waals surface area contributed by atoms with Gasteiger partial charge in [0.05, 0.1) is 10.7 Å². The Morgan fingerprint density at radius 2 is 2.29 bits per heavy atom. The van der Waals surface area contributed by atoms with Crippen LogP contribution in [0.4, 0.5) is 5.95 Å². The van der Waals surface area contributed by atoms with E-state index in [0.29, 0.717) is 30.2 Å². The van der Waals surface area contributed by atoms with Crippen LogP contribution >= 0.6 is 11.8 Å². The molecule has 2 aliphatic rings. The number of carbonyl (C=O) groups excluding carboxylic acids is 1. The summed E-state index contributed by atoms with van der Waals surface area (Å²) >= 11 is 1.51. The fourth-order valence-electron chi connectivity index (χ4n) is 3.00. The van der Waals surface area contributed by atoms with Gasteiger partial charge in [-0.25, -0.2) is 9.97 Å². The summed E-state index contributed by atoms with van der Waals surface area (Å²) in [5, 5.41) is 19.1. The molecule has 1 amide bonds. The molecule has 0 aromatic carbocycles. The van der Waals surface area contributed by atoms with Crippen LogP contribution in [0.5, 0.6) is 0 Å². The second kappa shape index (κ2) is 8.65. The lowest BCUT2D eigenvalue weighted by molar-refractivity contribution is -0.127. The van der Waals surface area contributed by atoms with E-state index < -0.39 is 0 Å². The molecule has 2 aliphatic heterocycles. The molecule has 0 spiro atoms. The second-order valence-electron chi connectivity index (χ2n) is 7.87. The first kappa shape index (κ1) is 20.2. The van der Waals surface area contributed by atoms with Gasteiger partial charge in [-0.1, -0.05) is 32.5 Å². The Hall–Kier alpha value is -2.53. The molecule has 2 N–H and O–H groups in total. The summed E-state index contributed by atoms with van der Waals surface area (Å²) in [7, 11) is 0. The van der Waals surface area contributed by atoms with Gasteiger partial charge in [-0.05, 0) is 24.3 Å². The summed E-state index contributed by atoms with van der Waals surface area (Å²) in [5.74, 6) is 0.735. The summed E-state index contributed by atoms with van der Waals surface area (Å²) in [6.07, 6.45) is 4.12. The van der Waals surface area contributed by atoms with Crippen molar-refractivity contribution in [3.63, 3.8) is 0 Å². The third kappa shape index (κ3) is 4.84. The van der Waals surface area contributed by atoms with E-state index in [1.165, 1.54) is 11.8 Å². The number of amides is 1. The lowest BCUT2D eigenvalue weighted by Gasteiger charge is -2.20. The van der Waals surface area contributed by atoms with E-state index >= 15 is 0 Å². The van der Waals surface area contributed by atoms with Gasteiger partial charge in [0.1, 0.15) is 11.6 Å². The molecule has 0 saturated carbocycles. The Morgan fingerprint density at radius 3 is 2.93 bits per heavy atom. The van der Waals surface area contributed by atoms with Gasteiger partial charge in [0.15, 0.2) is 0 Å². The van der Waals surface area contributed by atoms with Crippen molar-refractivity contribution in [2.45, 2.75) is 40.0 Å². The first-order valence-electron chi connectivity index (χ1n) is 9.52. The molecular formula is C20H26N6OS. The molecule has 0 bridgehead atoms. The lowest BCUT2D eigenvalue weighted by atomic mass is 9.93. The van der Waals surface area contributed by atoms with Gasteiger partial charge >= 0.3 is 0 Å². The van der Waals surface area contributed by atoms with Crippen LogP contribution in [-0.2, 0) is 4.79 Å². The Kier molecular flexibility index (Phi) is 6.25. The maximum absolute atomic E-state index is 11.6. The van der Waals surface area contributed by atoms with Gasteiger partial charge in [-0.15, -0.1) is 0 Å². The van der Waals surface area contributed by atoms with Crippen LogP contribution in [0.2, 0.25) is 0 Å². The minimum absolute atomic E-state index is 0.00950. The fourth-order valence-corrected chi connectivity index (χ4v) is 4.09. The van der Waals surface area contributed by atoms with Gasteiger partial charge in [0.2, 0.25) is 11.9 Å². The number of nitriles is 1. The van der Waals surface area contributed by atoms with Crippen LogP contribution in [0.3, 0.4) is 0 Å². The van der Waals surface area contributed by atoms with E-state index in [1.54, 1.807) is 12.3 Å². The predicted octanol–water partition coefficient (Wildman–Crippen LogP) is 3.32. The number of likely N-dealkylation sites (tertiary alicyclic amines) is 1. The number of hydrogen-bond donors (Lipinski definition) is 2. The molecule has 1 saturated heterocycles. The first-order valence-corrected chi connectivity index (χ1v) is 10.4. The van der Waals surface area contributed by atoms with Gasteiger partial charge in [0, 0.05) is 43.4 Å². The second-order valence-corrected chi connectivity index (χ2v) is 8.75. The normalized spacial score (nSPS) is 18.6. The van der Waals surface area contributed by atoms with Gasteiger partial charge in [-0.3, -0.25) is 4.79 Å². The van der Waals surface area contributed by atoms with E-state index in [-0.39, 0.29) is 11.3 Å². The van der Waals surface area contributed by atoms with Crippen molar-refractivity contribution >= 4 is 29.2 Å². The van der Waals surface area contributed by atoms with E-state index in [0.717, 1.165) is 36.7 Å². The minimum atomic E-state index is -0.00950. The molecule has 1 aromatic rings. The van der Waals surface area contributed by atoms with E-state index in [2.05, 4.69) is 47.4 Å². The quantitative estimate of drug-likeness (QED) is 0.561. The van der Waals surface area contributed by atoms with Crippen molar-refractivity contribution in [3.8, 4) is 6.07 Å². The van der Waals surface area contributed by atoms with Crippen molar-refractivity contribution in [1.82, 2.24) is 20.2 Å². The number of nitrogens with one attached hydrogen (secondary N) is 2. The standard InChI is InChI=1S/C20H26N6OS/c1-20(2,3)16-13-28-18(25-16)14(12-21)15-7-9-23-19(24-15)22-8-5-11-26-10-4-6-17(26)27/h7,9,13,25H,4-6,8,10-11H2,1-3H3,(H,22,23,24)/b18-14+. The van der Waals surface area contributed by atoms with Gasteiger partial charge in [0.25, 0.3) is 0 Å². The highest BCUT2D eigenvalue weighted by Crippen LogP contribution is 2.37. The Labute approximate surface area is 170 Å². The number of allylic oxidation sites excluding steroid dienone is 2. The third-order valence-electron chi connectivity index (χ3n) is 4.66. The topological polar surface area (TPSA) is 93.9 Å². The van der Waals surface area contributed by atoms with Gasteiger partial charge in [-0.2, -0.15) is 5.26 Å². The maximum Gasteiger partial charge on any atom is 0.223 e. The number of aromatic nitrogens is 2. The van der Waals surface area contributed by atoms with Crippen LogP contribution < -0.4 is 10.6 Å². The van der Waals surface area contributed by atoms with Crippen LogP contribution in [0.15, 0.2) is 28.4 Å². The molecule has 8 heteroatoms. The highest BCUT2D eigenvalue weighted by Gasteiger charge is 2.25. The van der Waals surface area contributed by atoms with Crippen LogP contribution in [0.25, 0.3) is 5.57 Å². The van der Waals surface area contributed by atoms with Crippen LogP contribution in [-0.4, -0.2) is 40.4 Å². The number of nitrogens with zero attached hydrogens (tertiary/aromatic N) is 4. The number of thioether (sulfide) groups is 1. The zero-order valence-corrected chi connectivity index (χ0v) is 17.4. The number of rotatable bonds is 6. The lowest BCUT2D eigenvalue weighted by Crippen LogP contribution is -2.27. The van der Waals surface area contributed by atoms with Crippen molar-refractivity contribution in [3.05, 3.63) is 34.1 Å². The summed E-state index contributed by atoms with van der Waals surface area (Å²) in [6, 6.07) is 4.02. The Morgan fingerprint density at radius 1 is 1.46 bits per heavy atom. The first-order chi connectivity index (χ1) is 13.4. The zero-order valence-electron chi connectivity index (χ0n) is 16.6. The average molecular weight is 399 g/mol. The molecule has 0 unspecified atom stereocenters. The highest BCUT2D eigenvalue weighted by atomic mass is 32.2. The molecular weight excluding hydrogens is 372 g/mol. The minimum Gasteiger partial charge on any atom is -0.354 e. The summed E-state index contributed by atoms with van der Waals surface area (Å²) < 4.78 is 0. The molecule has 7 nitrogen and oxygen atoms in total. The molecule has 3 rings (SSSR count). The molecule has 1 aromatic heterocycles. The summed E-state index contributed by atoms with van der Waals surface area (Å²) in [6.45, 7) is 8.67. The van der Waals surface area contributed by atoms with Crippen molar-refractivity contribution in [2.75, 3.05) is 25.0 Å². The van der Waals surface area contributed by atoms with E-state index in [9.17, 15) is 10.1 Å². The van der Waals surface area contributed by atoms with Crippen LogP contribution in [0.1, 0.15) is 45.7 Å². The molecule has 28 heavy (non-hydrogen) atoms. The average Bonchev–Trinajstić information content (AvgIpc) is 3.29. The van der Waals surface area contributed by atoms with Crippen molar-refractivity contribution in [1.29, 1.82) is 5.26 Å². The zero-order chi connectivity index (χ0) is 20.1. The number of carbonyl (C=O) groups is 1. The molecule has 1 fully saturated rings. The summed E-state index contributed by atoms with van der Waals surface area (Å²) in [5.41, 5.74) is 2.18. The molecule has 0 aliphatic carbocycles. The molecule has 148 valence electrons. The third-order valence-corrected chi connectivity index (χ3v) is 5.56. The largest absolute Gasteiger partial charge is 0.354 e. The summed E-state index contributed by atoms with van der Waals surface area (Å²) in [4.78, 5) is 22.3. The highest BCUT2D eigenvalue weighted by molar-refractivity contribution is 8.06. The van der Waals surface area contributed by atoms with Crippen LogP contribution in [0, 0.1) is 16.7 Å². The van der Waals surface area contributed by atoms with E-state index in [1.807, 2.05) is 10.3 Å². The fraction of sp³-hybridized carbons (Fsp3) is 0.500. The van der Waals surface area contributed by atoms with Crippen molar-refractivity contribution in [2.24, 2.45) is 5.41 Å². The maximum atomic E-state index is 11.6. The monoisotopic (exact) mass is 398 g/mol. The predicted molar refractivity (Wildman–Crippen MR) is 112 cm³/mol.